The standard InChI is InChI=1S/C29H38AsN7O10S2/c1-27(2)21(24(39)37(27)47-49(42,43)44)30-22(38)20(17-14-48-26(32)35-17)36-46-28(3,25(40)41)19-8-6-15-13-16(5-7-18(15)45-19)23(31)34-12-4-9-29(33)10-11-29/h5,7,13-14,19,21,30H,4,6,8-12,33H2,1-3H3,(H2,31,34)(H2,32,35)(H,40,41)(H,42,43,44)/b36-20-/t19-,21-,28+/m1/s1. The molecule has 8 N–H and O–H groups in total. The van der Waals surface area contributed by atoms with E-state index in [0.717, 1.165) is 42.6 Å². The summed E-state index contributed by atoms with van der Waals surface area (Å²) in [7, 11) is -4.99. The van der Waals surface area contributed by atoms with Gasteiger partial charge in [-0.3, -0.25) is 5.41 Å². The summed E-state index contributed by atoms with van der Waals surface area (Å²) in [6, 6.07) is 5.20. The fourth-order valence-corrected chi connectivity index (χ4v) is 9.19. The number of amidine groups is 1. The summed E-state index contributed by atoms with van der Waals surface area (Å²) < 4.78 is 40.3. The minimum absolute atomic E-state index is 0.00757. The number of nitrogen functional groups attached to an aromatic ring is 1. The fourth-order valence-electron chi connectivity index (χ4n) is 5.49. The molecule has 0 radical (unpaired) electrons. The quantitative estimate of drug-likeness (QED) is 0.0280. The first kappa shape index (κ1) is 36.7. The Hall–Kier alpha value is -3.61. The van der Waals surface area contributed by atoms with Crippen LogP contribution in [0.5, 0.6) is 5.75 Å². The van der Waals surface area contributed by atoms with Crippen LogP contribution < -0.4 is 21.5 Å². The Morgan fingerprint density at radius 2 is 2.06 bits per heavy atom. The average molecular weight is 784 g/mol. The molecule has 3 aliphatic rings. The van der Waals surface area contributed by atoms with E-state index in [-0.39, 0.29) is 34.3 Å². The number of amides is 1. The zero-order valence-corrected chi connectivity index (χ0v) is 30.6. The molecule has 4 atom stereocenters. The Bertz CT molecular complexity index is 1810. The summed E-state index contributed by atoms with van der Waals surface area (Å²) in [5.74, 6) is -1.56. The Balaban J connectivity index is 1.29. The summed E-state index contributed by atoms with van der Waals surface area (Å²) in [4.78, 5) is 48.7. The van der Waals surface area contributed by atoms with Gasteiger partial charge in [-0.1, -0.05) is 0 Å². The number of β-lactam (4-membered cyclic amide) rings is 1. The van der Waals surface area contributed by atoms with Gasteiger partial charge < -0.3 is 11.1 Å². The number of fused-ring (bicyclic) bond motifs is 1. The molecule has 17 nitrogen and oxygen atoms in total. The van der Waals surface area contributed by atoms with Crippen LogP contribution in [0.15, 0.2) is 28.7 Å². The summed E-state index contributed by atoms with van der Waals surface area (Å²) in [5.41, 5.74) is 9.62. The number of aryl methyl sites for hydroxylation is 1. The molecule has 1 unspecified atom stereocenters. The van der Waals surface area contributed by atoms with Crippen molar-refractivity contribution in [2.45, 2.75) is 86.8 Å². The van der Waals surface area contributed by atoms with Crippen LogP contribution in [0.1, 0.15) is 69.7 Å². The first-order chi connectivity index (χ1) is 22.8. The maximum atomic E-state index is 13.6. The minimum atomic E-state index is -4.99. The van der Waals surface area contributed by atoms with Gasteiger partial charge in [0, 0.05) is 12.1 Å². The molecule has 49 heavy (non-hydrogen) atoms. The number of ether oxygens (including phenoxy) is 1. The normalized spacial score (nSPS) is 22.4. The second-order valence-corrected chi connectivity index (χ2v) is 17.6. The summed E-state index contributed by atoms with van der Waals surface area (Å²) >= 11 is -0.954. The third kappa shape index (κ3) is 8.07. The monoisotopic (exact) mass is 783 g/mol. The van der Waals surface area contributed by atoms with Crippen molar-refractivity contribution in [1.82, 2.24) is 15.4 Å². The van der Waals surface area contributed by atoms with Crippen molar-refractivity contribution in [2.24, 2.45) is 10.9 Å². The topological polar surface area (TPSA) is 270 Å². The number of thiazole rings is 1. The van der Waals surface area contributed by atoms with Crippen molar-refractivity contribution >= 4 is 70.6 Å². The van der Waals surface area contributed by atoms with E-state index in [9.17, 15) is 27.9 Å². The zero-order chi connectivity index (χ0) is 35.9. The Labute approximate surface area is 292 Å². The molecule has 2 aromatic rings. The summed E-state index contributed by atoms with van der Waals surface area (Å²) in [5, 5.41) is 27.8. The summed E-state index contributed by atoms with van der Waals surface area (Å²) in [6.45, 7) is 4.82. The van der Waals surface area contributed by atoms with Crippen LogP contribution >= 0.6 is 11.3 Å². The number of nitrogens with zero attached hydrogens (tertiary/aromatic N) is 3. The van der Waals surface area contributed by atoms with E-state index in [1.54, 1.807) is 12.1 Å². The number of carbonyl (C=O) groups excluding carboxylic acids is 2. The van der Waals surface area contributed by atoms with Gasteiger partial charge in [0.2, 0.25) is 0 Å². The number of hydroxylamine groups is 2. The van der Waals surface area contributed by atoms with Gasteiger partial charge >= 0.3 is 240 Å². The van der Waals surface area contributed by atoms with Gasteiger partial charge in [0.15, 0.2) is 0 Å². The number of carboxylic acids is 1. The van der Waals surface area contributed by atoms with Crippen LogP contribution in [0, 0.1) is 5.41 Å². The van der Waals surface area contributed by atoms with Crippen molar-refractivity contribution in [2.75, 3.05) is 12.3 Å². The van der Waals surface area contributed by atoms with Crippen LogP contribution in [-0.4, -0.2) is 101 Å². The number of anilines is 1. The molecule has 2 fully saturated rings. The predicted octanol–water partition coefficient (Wildman–Crippen LogP) is 0.976. The fraction of sp³-hybridized carbons (Fsp3) is 0.517. The number of nitrogens with two attached hydrogens (primary N) is 2. The van der Waals surface area contributed by atoms with Crippen LogP contribution in [0.3, 0.4) is 0 Å². The number of carbonyl (C=O) groups is 3. The molecule has 0 bridgehead atoms. The van der Waals surface area contributed by atoms with E-state index in [4.69, 9.17) is 31.0 Å². The molecular weight excluding hydrogens is 745 g/mol. The molecule has 1 saturated heterocycles. The van der Waals surface area contributed by atoms with Crippen molar-refractivity contribution in [3.63, 3.8) is 0 Å². The van der Waals surface area contributed by atoms with Gasteiger partial charge in [-0.25, -0.2) is 0 Å². The molecule has 1 amide bonds. The third-order valence-corrected chi connectivity index (χ3v) is 13.5. The van der Waals surface area contributed by atoms with Gasteiger partial charge in [0.05, 0.1) is 0 Å². The van der Waals surface area contributed by atoms with E-state index in [1.165, 1.54) is 26.2 Å². The molecule has 1 saturated carbocycles. The van der Waals surface area contributed by atoms with Crippen LogP contribution in [0.2, 0.25) is 4.71 Å². The number of carboxylic acid groups (broad SMARTS) is 1. The number of rotatable bonds is 15. The Morgan fingerprint density at radius 3 is 2.65 bits per heavy atom. The Kier molecular flexibility index (Phi) is 10.2. The molecule has 20 heteroatoms. The van der Waals surface area contributed by atoms with E-state index in [2.05, 4.69) is 19.7 Å². The molecule has 0 spiro atoms. The number of oxime groups is 1. The average Bonchev–Trinajstić information content (AvgIpc) is 3.62. The van der Waals surface area contributed by atoms with Crippen LogP contribution in [0.4, 0.5) is 5.13 Å². The number of hydrogen-bond donors (Lipinski definition) is 6. The van der Waals surface area contributed by atoms with E-state index < -0.39 is 64.5 Å². The number of benzene rings is 1. The molecule has 3 heterocycles. The first-order valence-corrected chi connectivity index (χ1v) is 19.8. The molecule has 1 aromatic heterocycles. The van der Waals surface area contributed by atoms with Gasteiger partial charge in [-0.05, 0) is 25.7 Å². The zero-order valence-electron chi connectivity index (χ0n) is 26.9. The molecule has 2 aliphatic heterocycles. The van der Waals surface area contributed by atoms with E-state index >= 15 is 0 Å². The van der Waals surface area contributed by atoms with Crippen molar-refractivity contribution in [1.29, 1.82) is 5.41 Å². The second kappa shape index (κ2) is 13.6. The van der Waals surface area contributed by atoms with Crippen LogP contribution in [0.25, 0.3) is 0 Å². The SMILES string of the molecule is CC1(C)[C@H]([AsH]C(=O)/C(=N\O[C@](C)(C(=O)O)[C@H]2CCc3cc(C(=N)NCCCC4(N)CC4)ccc3O2)c2csc(N)n2)C(=O)N1OS(=O)(=O)O. The second-order valence-electron chi connectivity index (χ2n) is 12.9. The molecule has 266 valence electrons. The van der Waals surface area contributed by atoms with E-state index in [0.29, 0.717) is 29.3 Å². The third-order valence-electron chi connectivity index (χ3n) is 8.81. The van der Waals surface area contributed by atoms with Crippen molar-refractivity contribution in [3.05, 3.63) is 40.4 Å². The van der Waals surface area contributed by atoms with Gasteiger partial charge in [0.25, 0.3) is 0 Å². The number of aliphatic carboxylic acids is 1. The van der Waals surface area contributed by atoms with Crippen molar-refractivity contribution < 1.29 is 46.3 Å². The van der Waals surface area contributed by atoms with E-state index in [1.807, 2.05) is 6.07 Å². The van der Waals surface area contributed by atoms with Gasteiger partial charge in [0.1, 0.15) is 0 Å². The molecule has 5 rings (SSSR count). The molecule has 1 aliphatic carbocycles. The number of nitrogens with one attached hydrogen (secondary N) is 2. The van der Waals surface area contributed by atoms with Crippen LogP contribution in [-0.2, 0) is 40.3 Å². The first-order valence-electron chi connectivity index (χ1n) is 15.3. The van der Waals surface area contributed by atoms with Crippen molar-refractivity contribution in [3.8, 4) is 5.75 Å². The maximum absolute atomic E-state index is 13.6. The summed E-state index contributed by atoms with van der Waals surface area (Å²) in [6.07, 6.45) is 3.42. The molecular formula is C29H38AsN7O10S2. The number of aromatic nitrogens is 1. The number of hydrogen-bond acceptors (Lipinski definition) is 14. The molecule has 1 aromatic carbocycles. The van der Waals surface area contributed by atoms with Gasteiger partial charge in [-0.2, -0.15) is 0 Å². The van der Waals surface area contributed by atoms with Gasteiger partial charge in [-0.15, -0.1) is 0 Å². The predicted molar refractivity (Wildman–Crippen MR) is 179 cm³/mol. The Morgan fingerprint density at radius 1 is 1.35 bits per heavy atom.